The number of hydrogen-bond donors (Lipinski definition) is 0. The highest BCUT2D eigenvalue weighted by atomic mass is 32.1. The van der Waals surface area contributed by atoms with Gasteiger partial charge in [0.25, 0.3) is 0 Å². The number of aromatic nitrogens is 3. The standard InChI is InChI=1S/C20H24N4OS/c1-15(12-24-10-8-16(2)22-24)20(25)23(13-18-5-4-9-21-11-18)14-19-7-6-17(3)26-19/h4-11,15H,12-14H2,1-3H3. The van der Waals surface area contributed by atoms with E-state index in [0.717, 1.165) is 11.3 Å². The molecule has 136 valence electrons. The summed E-state index contributed by atoms with van der Waals surface area (Å²) in [6.07, 6.45) is 5.50. The Balaban J connectivity index is 1.75. The summed E-state index contributed by atoms with van der Waals surface area (Å²) in [5, 5.41) is 4.40. The fourth-order valence-electron chi connectivity index (χ4n) is 2.92. The van der Waals surface area contributed by atoms with Crippen LogP contribution in [-0.2, 0) is 24.4 Å². The summed E-state index contributed by atoms with van der Waals surface area (Å²) in [7, 11) is 0. The van der Waals surface area contributed by atoms with Crippen LogP contribution in [0.5, 0.6) is 0 Å². The normalized spacial score (nSPS) is 12.1. The van der Waals surface area contributed by atoms with Crippen LogP contribution in [0.3, 0.4) is 0 Å². The van der Waals surface area contributed by atoms with E-state index in [1.165, 1.54) is 9.75 Å². The van der Waals surface area contributed by atoms with Crippen molar-refractivity contribution in [2.75, 3.05) is 0 Å². The van der Waals surface area contributed by atoms with E-state index in [4.69, 9.17) is 0 Å². The van der Waals surface area contributed by atoms with Crippen LogP contribution in [0, 0.1) is 19.8 Å². The molecule has 0 aromatic carbocycles. The van der Waals surface area contributed by atoms with E-state index in [2.05, 4.69) is 29.1 Å². The number of nitrogens with zero attached hydrogens (tertiary/aromatic N) is 4. The van der Waals surface area contributed by atoms with Crippen LogP contribution in [0.2, 0.25) is 0 Å². The molecule has 3 aromatic heterocycles. The monoisotopic (exact) mass is 368 g/mol. The largest absolute Gasteiger partial charge is 0.333 e. The van der Waals surface area contributed by atoms with Gasteiger partial charge in [0.05, 0.1) is 24.7 Å². The molecule has 6 heteroatoms. The third-order valence-electron chi connectivity index (χ3n) is 4.21. The van der Waals surface area contributed by atoms with E-state index < -0.39 is 0 Å². The molecule has 5 nitrogen and oxygen atoms in total. The zero-order chi connectivity index (χ0) is 18.5. The number of carbonyl (C=O) groups excluding carboxylic acids is 1. The van der Waals surface area contributed by atoms with Crippen molar-refractivity contribution in [1.82, 2.24) is 19.7 Å². The van der Waals surface area contributed by atoms with E-state index in [9.17, 15) is 4.79 Å². The van der Waals surface area contributed by atoms with Gasteiger partial charge in [-0.2, -0.15) is 5.10 Å². The molecule has 0 aliphatic rings. The molecule has 0 saturated carbocycles. The average Bonchev–Trinajstić information content (AvgIpc) is 3.22. The van der Waals surface area contributed by atoms with E-state index in [0.29, 0.717) is 19.6 Å². The molecular weight excluding hydrogens is 344 g/mol. The molecule has 1 unspecified atom stereocenters. The molecule has 3 heterocycles. The zero-order valence-corrected chi connectivity index (χ0v) is 16.2. The number of pyridine rings is 1. The van der Waals surface area contributed by atoms with Crippen molar-refractivity contribution in [3.63, 3.8) is 0 Å². The highest BCUT2D eigenvalue weighted by Crippen LogP contribution is 2.20. The highest BCUT2D eigenvalue weighted by molar-refractivity contribution is 7.11. The van der Waals surface area contributed by atoms with Crippen LogP contribution in [0.25, 0.3) is 0 Å². The second-order valence-corrected chi connectivity index (χ2v) is 8.02. The predicted octanol–water partition coefficient (Wildman–Crippen LogP) is 3.82. The first-order valence-corrected chi connectivity index (χ1v) is 9.56. The smallest absolute Gasteiger partial charge is 0.227 e. The van der Waals surface area contributed by atoms with Gasteiger partial charge in [-0.1, -0.05) is 13.0 Å². The Morgan fingerprint density at radius 3 is 2.69 bits per heavy atom. The molecule has 3 rings (SSSR count). The molecule has 0 aliphatic carbocycles. The van der Waals surface area contributed by atoms with Crippen LogP contribution in [0.4, 0.5) is 0 Å². The first-order chi connectivity index (χ1) is 12.5. The summed E-state index contributed by atoms with van der Waals surface area (Å²) in [6, 6.07) is 10.1. The molecule has 0 spiro atoms. The molecular formula is C20H24N4OS. The van der Waals surface area contributed by atoms with Gasteiger partial charge in [-0.05, 0) is 43.7 Å². The maximum atomic E-state index is 13.1. The van der Waals surface area contributed by atoms with Gasteiger partial charge in [0.15, 0.2) is 0 Å². The second-order valence-electron chi connectivity index (χ2n) is 6.65. The molecule has 0 radical (unpaired) electrons. The number of thiophene rings is 1. The average molecular weight is 369 g/mol. The van der Waals surface area contributed by atoms with Gasteiger partial charge in [-0.15, -0.1) is 11.3 Å². The summed E-state index contributed by atoms with van der Waals surface area (Å²) in [4.78, 5) is 21.7. The summed E-state index contributed by atoms with van der Waals surface area (Å²) in [6.45, 7) is 7.77. The van der Waals surface area contributed by atoms with E-state index in [1.54, 1.807) is 17.5 Å². The topological polar surface area (TPSA) is 51.0 Å². The molecule has 1 atom stereocenters. The number of rotatable bonds is 7. The first-order valence-electron chi connectivity index (χ1n) is 8.74. The quantitative estimate of drug-likeness (QED) is 0.637. The zero-order valence-electron chi connectivity index (χ0n) is 15.4. The maximum Gasteiger partial charge on any atom is 0.227 e. The van der Waals surface area contributed by atoms with Crippen LogP contribution < -0.4 is 0 Å². The van der Waals surface area contributed by atoms with E-state index >= 15 is 0 Å². The van der Waals surface area contributed by atoms with Crippen molar-refractivity contribution in [2.24, 2.45) is 5.92 Å². The fourth-order valence-corrected chi connectivity index (χ4v) is 3.82. The second kappa shape index (κ2) is 8.27. The molecule has 0 N–H and O–H groups in total. The molecule has 1 amide bonds. The van der Waals surface area contributed by atoms with Gasteiger partial charge in [0, 0.05) is 34.9 Å². The van der Waals surface area contributed by atoms with Crippen molar-refractivity contribution >= 4 is 17.2 Å². The molecule has 0 saturated heterocycles. The highest BCUT2D eigenvalue weighted by Gasteiger charge is 2.22. The molecule has 3 aromatic rings. The first kappa shape index (κ1) is 18.3. The van der Waals surface area contributed by atoms with Gasteiger partial charge in [-0.25, -0.2) is 0 Å². The van der Waals surface area contributed by atoms with Crippen LogP contribution in [0.1, 0.15) is 27.9 Å². The lowest BCUT2D eigenvalue weighted by Crippen LogP contribution is -2.35. The lowest BCUT2D eigenvalue weighted by Gasteiger charge is -2.25. The predicted molar refractivity (Wildman–Crippen MR) is 104 cm³/mol. The maximum absolute atomic E-state index is 13.1. The number of amides is 1. The Kier molecular flexibility index (Phi) is 5.83. The minimum absolute atomic E-state index is 0.132. The van der Waals surface area contributed by atoms with E-state index in [-0.39, 0.29) is 11.8 Å². The summed E-state index contributed by atoms with van der Waals surface area (Å²) in [5.41, 5.74) is 2.00. The third-order valence-corrected chi connectivity index (χ3v) is 5.19. The Morgan fingerprint density at radius 1 is 1.23 bits per heavy atom. The van der Waals surface area contributed by atoms with Gasteiger partial charge in [0.1, 0.15) is 0 Å². The molecule has 0 bridgehead atoms. The minimum Gasteiger partial charge on any atom is -0.333 e. The van der Waals surface area contributed by atoms with Gasteiger partial charge in [-0.3, -0.25) is 14.5 Å². The minimum atomic E-state index is -0.146. The van der Waals surface area contributed by atoms with Gasteiger partial charge < -0.3 is 4.90 Å². The lowest BCUT2D eigenvalue weighted by molar-refractivity contribution is -0.136. The van der Waals surface area contributed by atoms with Crippen molar-refractivity contribution in [3.05, 3.63) is 69.9 Å². The number of hydrogen-bond acceptors (Lipinski definition) is 4. The van der Waals surface area contributed by atoms with Crippen LogP contribution in [-0.4, -0.2) is 25.6 Å². The summed E-state index contributed by atoms with van der Waals surface area (Å²) < 4.78 is 1.84. The SMILES string of the molecule is Cc1ccn(CC(C)C(=O)N(Cc2cccnc2)Cc2ccc(C)s2)n1. The van der Waals surface area contributed by atoms with Crippen LogP contribution in [0.15, 0.2) is 48.9 Å². The molecule has 0 aliphatic heterocycles. The Hall–Kier alpha value is -2.47. The van der Waals surface area contributed by atoms with Crippen molar-refractivity contribution in [2.45, 2.75) is 40.4 Å². The number of carbonyl (C=O) groups is 1. The van der Waals surface area contributed by atoms with Crippen LogP contribution >= 0.6 is 11.3 Å². The van der Waals surface area contributed by atoms with E-state index in [1.807, 2.05) is 54.0 Å². The molecule has 0 fully saturated rings. The fraction of sp³-hybridized carbons (Fsp3) is 0.350. The molecule has 26 heavy (non-hydrogen) atoms. The van der Waals surface area contributed by atoms with Crippen molar-refractivity contribution < 1.29 is 4.79 Å². The lowest BCUT2D eigenvalue weighted by atomic mass is 10.1. The van der Waals surface area contributed by atoms with Crippen molar-refractivity contribution in [3.8, 4) is 0 Å². The summed E-state index contributed by atoms with van der Waals surface area (Å²) >= 11 is 1.74. The Morgan fingerprint density at radius 2 is 2.08 bits per heavy atom. The Labute approximate surface area is 158 Å². The third kappa shape index (κ3) is 4.79. The number of aryl methyl sites for hydroxylation is 2. The van der Waals surface area contributed by atoms with Gasteiger partial charge in [0.2, 0.25) is 5.91 Å². The van der Waals surface area contributed by atoms with Crippen molar-refractivity contribution in [1.29, 1.82) is 0 Å². The van der Waals surface area contributed by atoms with Gasteiger partial charge >= 0.3 is 0 Å². The summed E-state index contributed by atoms with van der Waals surface area (Å²) in [5.74, 6) is -0.0138. The Bertz CT molecular complexity index is 856.